The van der Waals surface area contributed by atoms with Gasteiger partial charge in [0.05, 0.1) is 5.41 Å². The second kappa shape index (κ2) is 2.84. The van der Waals surface area contributed by atoms with Crippen LogP contribution in [0.5, 0.6) is 0 Å². The van der Waals surface area contributed by atoms with Gasteiger partial charge in [0.1, 0.15) is 0 Å². The molecule has 1 N–H and O–H groups in total. The summed E-state index contributed by atoms with van der Waals surface area (Å²) in [6.45, 7) is 2.08. The Morgan fingerprint density at radius 1 is 1.40 bits per heavy atom. The predicted octanol–water partition coefficient (Wildman–Crippen LogP) is 2.70. The number of para-hydroxylation sites is 1. The molecule has 0 radical (unpaired) electrons. The maximum Gasteiger partial charge on any atom is 0.234 e. The third-order valence-electron chi connectivity index (χ3n) is 3.66. The number of anilines is 1. The highest BCUT2D eigenvalue weighted by atomic mass is 16.2. The number of nitrogens with one attached hydrogen (secondary N) is 1. The van der Waals surface area contributed by atoms with Crippen molar-refractivity contribution in [3.05, 3.63) is 29.8 Å². The van der Waals surface area contributed by atoms with Gasteiger partial charge in [0.15, 0.2) is 0 Å². The monoisotopic (exact) mass is 201 g/mol. The second-order valence-electron chi connectivity index (χ2n) is 4.98. The maximum absolute atomic E-state index is 12.0. The van der Waals surface area contributed by atoms with Crippen molar-refractivity contribution in [3.8, 4) is 0 Å². The predicted molar refractivity (Wildman–Crippen MR) is 59.8 cm³/mol. The van der Waals surface area contributed by atoms with Crippen molar-refractivity contribution in [2.45, 2.75) is 31.6 Å². The highest BCUT2D eigenvalue weighted by molar-refractivity contribution is 6.05. The molecule has 2 nitrogen and oxygen atoms in total. The van der Waals surface area contributed by atoms with Crippen LogP contribution < -0.4 is 5.32 Å². The molecule has 2 aliphatic rings. The van der Waals surface area contributed by atoms with Gasteiger partial charge in [-0.1, -0.05) is 31.0 Å². The minimum absolute atomic E-state index is 0.176. The van der Waals surface area contributed by atoms with Gasteiger partial charge in [0.2, 0.25) is 5.91 Å². The summed E-state index contributed by atoms with van der Waals surface area (Å²) in [7, 11) is 0. The molecule has 3 rings (SSSR count). The topological polar surface area (TPSA) is 29.1 Å². The van der Waals surface area contributed by atoms with Crippen molar-refractivity contribution >= 4 is 11.6 Å². The Morgan fingerprint density at radius 3 is 2.87 bits per heavy atom. The van der Waals surface area contributed by atoms with Gasteiger partial charge in [-0.2, -0.15) is 0 Å². The number of amides is 1. The van der Waals surface area contributed by atoms with Crippen molar-refractivity contribution in [2.24, 2.45) is 5.92 Å². The van der Waals surface area contributed by atoms with Crippen LogP contribution in [0.4, 0.5) is 5.69 Å². The number of carbonyl (C=O) groups is 1. The first-order valence-electron chi connectivity index (χ1n) is 5.61. The smallest absolute Gasteiger partial charge is 0.234 e. The van der Waals surface area contributed by atoms with E-state index in [1.54, 1.807) is 0 Å². The number of carbonyl (C=O) groups excluding carboxylic acids is 1. The lowest BCUT2D eigenvalue weighted by atomic mass is 9.79. The van der Waals surface area contributed by atoms with Crippen LogP contribution in [-0.2, 0) is 10.2 Å². The van der Waals surface area contributed by atoms with Gasteiger partial charge in [-0.3, -0.25) is 4.79 Å². The van der Waals surface area contributed by atoms with Crippen LogP contribution >= 0.6 is 0 Å². The highest BCUT2D eigenvalue weighted by Gasteiger charge is 2.45. The summed E-state index contributed by atoms with van der Waals surface area (Å²) in [6.07, 6.45) is 3.60. The van der Waals surface area contributed by atoms with Crippen molar-refractivity contribution in [1.29, 1.82) is 0 Å². The van der Waals surface area contributed by atoms with Gasteiger partial charge in [-0.25, -0.2) is 0 Å². The molecule has 1 heterocycles. The van der Waals surface area contributed by atoms with E-state index in [4.69, 9.17) is 0 Å². The van der Waals surface area contributed by atoms with E-state index >= 15 is 0 Å². The summed E-state index contributed by atoms with van der Waals surface area (Å²) in [5.41, 5.74) is 1.91. The Balaban J connectivity index is 2.03. The third kappa shape index (κ3) is 1.28. The van der Waals surface area contributed by atoms with Crippen molar-refractivity contribution < 1.29 is 4.79 Å². The summed E-state index contributed by atoms with van der Waals surface area (Å²) < 4.78 is 0. The molecule has 1 saturated carbocycles. The quantitative estimate of drug-likeness (QED) is 0.783. The number of benzene rings is 1. The van der Waals surface area contributed by atoms with Crippen molar-refractivity contribution in [2.75, 3.05) is 5.32 Å². The first-order valence-corrected chi connectivity index (χ1v) is 5.61. The Bertz CT molecular complexity index is 422. The van der Waals surface area contributed by atoms with Crippen molar-refractivity contribution in [1.82, 2.24) is 0 Å². The molecule has 0 bridgehead atoms. The highest BCUT2D eigenvalue weighted by Crippen LogP contribution is 2.47. The molecule has 1 aliphatic heterocycles. The number of hydrogen-bond acceptors (Lipinski definition) is 1. The van der Waals surface area contributed by atoms with E-state index in [1.165, 1.54) is 18.4 Å². The molecule has 0 aromatic heterocycles. The Kier molecular flexibility index (Phi) is 1.70. The largest absolute Gasteiger partial charge is 0.325 e. The normalized spacial score (nSPS) is 28.7. The van der Waals surface area contributed by atoms with Gasteiger partial charge in [-0.05, 0) is 30.9 Å². The van der Waals surface area contributed by atoms with E-state index < -0.39 is 0 Å². The summed E-state index contributed by atoms with van der Waals surface area (Å²) >= 11 is 0. The second-order valence-corrected chi connectivity index (χ2v) is 4.98. The standard InChI is InChI=1S/C13H15NO/c1-13(8-9-6-7-9)10-4-2-3-5-11(10)14-12(13)15/h2-5,9H,6-8H2,1H3,(H,14,15). The molecule has 2 heteroatoms. The number of rotatable bonds is 2. The molecule has 1 amide bonds. The molecule has 1 aromatic carbocycles. The third-order valence-corrected chi connectivity index (χ3v) is 3.66. The summed E-state index contributed by atoms with van der Waals surface area (Å²) in [4.78, 5) is 12.0. The SMILES string of the molecule is CC1(CC2CC2)C(=O)Nc2ccccc21. The van der Waals surface area contributed by atoms with Crippen LogP contribution in [0.3, 0.4) is 0 Å². The summed E-state index contributed by atoms with van der Waals surface area (Å²) in [5, 5.41) is 2.98. The molecular formula is C13H15NO. The fourth-order valence-electron chi connectivity index (χ4n) is 2.56. The van der Waals surface area contributed by atoms with Crippen LogP contribution in [-0.4, -0.2) is 5.91 Å². The number of hydrogen-bond donors (Lipinski definition) is 1. The first-order chi connectivity index (χ1) is 7.20. The zero-order valence-electron chi connectivity index (χ0n) is 8.92. The molecule has 1 aliphatic carbocycles. The van der Waals surface area contributed by atoms with E-state index in [0.29, 0.717) is 0 Å². The lowest BCUT2D eigenvalue weighted by Crippen LogP contribution is -2.31. The van der Waals surface area contributed by atoms with E-state index in [1.807, 2.05) is 18.2 Å². The van der Waals surface area contributed by atoms with Crippen LogP contribution in [0, 0.1) is 5.92 Å². The van der Waals surface area contributed by atoms with E-state index in [0.717, 1.165) is 18.0 Å². The molecule has 1 atom stereocenters. The van der Waals surface area contributed by atoms with Crippen molar-refractivity contribution in [3.63, 3.8) is 0 Å². The van der Waals surface area contributed by atoms with E-state index in [2.05, 4.69) is 18.3 Å². The Labute approximate surface area is 89.7 Å². The van der Waals surface area contributed by atoms with Crippen LogP contribution in [0.15, 0.2) is 24.3 Å². The van der Waals surface area contributed by atoms with Gasteiger partial charge in [-0.15, -0.1) is 0 Å². The average Bonchev–Trinajstić information content (AvgIpc) is 2.97. The molecule has 15 heavy (non-hydrogen) atoms. The van der Waals surface area contributed by atoms with Gasteiger partial charge >= 0.3 is 0 Å². The van der Waals surface area contributed by atoms with E-state index in [-0.39, 0.29) is 11.3 Å². The molecule has 0 saturated heterocycles. The van der Waals surface area contributed by atoms with Crippen LogP contribution in [0.1, 0.15) is 31.7 Å². The molecule has 1 unspecified atom stereocenters. The summed E-state index contributed by atoms with van der Waals surface area (Å²) in [6, 6.07) is 8.06. The molecule has 0 spiro atoms. The van der Waals surface area contributed by atoms with Gasteiger partial charge in [0.25, 0.3) is 0 Å². The van der Waals surface area contributed by atoms with Crippen LogP contribution in [0.25, 0.3) is 0 Å². The van der Waals surface area contributed by atoms with Crippen LogP contribution in [0.2, 0.25) is 0 Å². The maximum atomic E-state index is 12.0. The molecule has 78 valence electrons. The zero-order valence-corrected chi connectivity index (χ0v) is 8.92. The average molecular weight is 201 g/mol. The molecular weight excluding hydrogens is 186 g/mol. The van der Waals surface area contributed by atoms with Gasteiger partial charge in [0, 0.05) is 5.69 Å². The summed E-state index contributed by atoms with van der Waals surface area (Å²) in [5.74, 6) is 0.947. The minimum atomic E-state index is -0.280. The van der Waals surface area contributed by atoms with E-state index in [9.17, 15) is 4.79 Å². The zero-order chi connectivity index (χ0) is 10.5. The molecule has 1 fully saturated rings. The Morgan fingerprint density at radius 2 is 2.13 bits per heavy atom. The lowest BCUT2D eigenvalue weighted by Gasteiger charge is -2.21. The number of fused-ring (bicyclic) bond motifs is 1. The van der Waals surface area contributed by atoms with Gasteiger partial charge < -0.3 is 5.32 Å². The minimum Gasteiger partial charge on any atom is -0.325 e. The lowest BCUT2D eigenvalue weighted by molar-refractivity contribution is -0.120. The fraction of sp³-hybridized carbons (Fsp3) is 0.462. The fourth-order valence-corrected chi connectivity index (χ4v) is 2.56. The Hall–Kier alpha value is -1.31. The first kappa shape index (κ1) is 8.96. The molecule has 1 aromatic rings.